The summed E-state index contributed by atoms with van der Waals surface area (Å²) in [7, 11) is 0. The fourth-order valence-corrected chi connectivity index (χ4v) is 9.34. The number of rotatable bonds is 5. The van der Waals surface area contributed by atoms with Gasteiger partial charge in [0.15, 0.2) is 5.82 Å². The van der Waals surface area contributed by atoms with Crippen LogP contribution in [0.3, 0.4) is 0 Å². The summed E-state index contributed by atoms with van der Waals surface area (Å²) in [6.07, 6.45) is 12.7. The van der Waals surface area contributed by atoms with Crippen molar-refractivity contribution in [2.75, 3.05) is 31.3 Å². The number of nitrogens with zero attached hydrogens (tertiary/aromatic N) is 5. The number of piperazine rings is 1. The molecular weight excluding hydrogens is 605 g/mol. The van der Waals surface area contributed by atoms with Gasteiger partial charge in [-0.25, -0.2) is 18.2 Å². The molecule has 242 valence electrons. The molecule has 8 nitrogen and oxygen atoms in total. The molecule has 9 rings (SSSR count). The fourth-order valence-electron chi connectivity index (χ4n) is 9.34. The molecule has 0 radical (unpaired) electrons. The van der Waals surface area contributed by atoms with E-state index in [2.05, 4.69) is 21.0 Å². The molecule has 2 aromatic heterocycles. The lowest BCUT2D eigenvalue weighted by Crippen LogP contribution is -2.58. The van der Waals surface area contributed by atoms with Gasteiger partial charge in [0.05, 0.1) is 22.2 Å². The quantitative estimate of drug-likeness (QED) is 0.280. The van der Waals surface area contributed by atoms with Crippen LogP contribution in [0.5, 0.6) is 11.8 Å². The van der Waals surface area contributed by atoms with E-state index in [0.29, 0.717) is 46.7 Å². The molecule has 47 heavy (non-hydrogen) atoms. The van der Waals surface area contributed by atoms with E-state index in [1.54, 1.807) is 0 Å². The largest absolute Gasteiger partial charge is 0.508 e. The van der Waals surface area contributed by atoms with Crippen molar-refractivity contribution in [1.82, 2.24) is 25.2 Å². The number of aryl methyl sites for hydroxylation is 1. The summed E-state index contributed by atoms with van der Waals surface area (Å²) in [6.45, 7) is 1.47. The average Bonchev–Trinajstić information content (AvgIpc) is 3.74. The summed E-state index contributed by atoms with van der Waals surface area (Å²) in [5.41, 5.74) is 0.522. The molecule has 0 unspecified atom stereocenters. The second-order valence-corrected chi connectivity index (χ2v) is 13.9. The Morgan fingerprint density at radius 3 is 2.83 bits per heavy atom. The first-order valence-electron chi connectivity index (χ1n) is 16.7. The average molecular weight is 641 g/mol. The number of aromatic nitrogens is 3. The molecule has 2 aromatic carbocycles. The number of halogens is 3. The minimum Gasteiger partial charge on any atom is -0.508 e. The fraction of sp³-hybridized carbons (Fsp3) is 0.472. The third kappa shape index (κ3) is 4.34. The summed E-state index contributed by atoms with van der Waals surface area (Å²) < 4.78 is 52.4. The van der Waals surface area contributed by atoms with E-state index in [-0.39, 0.29) is 64.4 Å². The highest BCUT2D eigenvalue weighted by Gasteiger charge is 2.50. The van der Waals surface area contributed by atoms with Crippen LogP contribution >= 0.6 is 0 Å². The summed E-state index contributed by atoms with van der Waals surface area (Å²) in [6, 6.07) is 6.29. The van der Waals surface area contributed by atoms with Crippen LogP contribution in [0.25, 0.3) is 32.9 Å². The molecule has 7 heterocycles. The normalized spacial score (nSPS) is 28.0. The standard InChI is InChI=1S/C36H35F3N6O2/c1-2-23-25(38)6-4-19-14-22(46)15-24(29(19)23)32-31(39)33-30-27(41-32)8-9-28-26-7-5-20(40-26)17-44(28)34(30)43-35(42-33)47-18-36-11-3-13-45(36)21(16-37)10-12-36/h1,4,6,14-15,20-21,26,28,40,46H,3,5,7-13,16-18H2/t20-,21+,26+,28-,36+/m1/s1. The number of ether oxygens (including phenoxy) is 1. The second kappa shape index (κ2) is 10.7. The zero-order chi connectivity index (χ0) is 32.0. The van der Waals surface area contributed by atoms with E-state index in [0.717, 1.165) is 58.0 Å². The first-order chi connectivity index (χ1) is 22.9. The number of benzene rings is 2. The molecule has 2 bridgehead atoms. The summed E-state index contributed by atoms with van der Waals surface area (Å²) in [5.74, 6) is 1.58. The van der Waals surface area contributed by atoms with Gasteiger partial charge in [-0.15, -0.1) is 6.42 Å². The van der Waals surface area contributed by atoms with Crippen molar-refractivity contribution < 1.29 is 23.0 Å². The van der Waals surface area contributed by atoms with Gasteiger partial charge in [0.2, 0.25) is 0 Å². The zero-order valence-corrected chi connectivity index (χ0v) is 25.9. The van der Waals surface area contributed by atoms with E-state index in [4.69, 9.17) is 26.1 Å². The maximum Gasteiger partial charge on any atom is 0.319 e. The van der Waals surface area contributed by atoms with E-state index < -0.39 is 11.6 Å². The van der Waals surface area contributed by atoms with Crippen molar-refractivity contribution in [2.45, 2.75) is 81.1 Å². The summed E-state index contributed by atoms with van der Waals surface area (Å²) in [4.78, 5) is 19.1. The van der Waals surface area contributed by atoms with Gasteiger partial charge in [-0.2, -0.15) is 9.97 Å². The lowest BCUT2D eigenvalue weighted by atomic mass is 9.95. The van der Waals surface area contributed by atoms with Gasteiger partial charge in [0, 0.05) is 41.7 Å². The van der Waals surface area contributed by atoms with Crippen LogP contribution in [0, 0.1) is 24.0 Å². The van der Waals surface area contributed by atoms with Crippen LogP contribution in [-0.2, 0) is 6.42 Å². The van der Waals surface area contributed by atoms with Crippen molar-refractivity contribution in [3.05, 3.63) is 47.2 Å². The van der Waals surface area contributed by atoms with Gasteiger partial charge in [0.1, 0.15) is 41.9 Å². The molecule has 2 N–H and O–H groups in total. The number of alkyl halides is 1. The molecule has 0 amide bonds. The lowest BCUT2D eigenvalue weighted by molar-refractivity contribution is 0.0772. The number of fused-ring (bicyclic) bond motifs is 7. The number of phenols is 1. The highest BCUT2D eigenvalue weighted by atomic mass is 19.1. The van der Waals surface area contributed by atoms with E-state index in [9.17, 15) is 13.9 Å². The maximum absolute atomic E-state index is 17.1. The van der Waals surface area contributed by atoms with Gasteiger partial charge in [-0.05, 0) is 81.5 Å². The maximum atomic E-state index is 17.1. The molecule has 0 aliphatic carbocycles. The topological polar surface area (TPSA) is 86.6 Å². The summed E-state index contributed by atoms with van der Waals surface area (Å²) in [5, 5.41) is 15.8. The number of terminal acetylenes is 1. The minimum absolute atomic E-state index is 0.0280. The van der Waals surface area contributed by atoms with Gasteiger partial charge in [-0.1, -0.05) is 12.0 Å². The van der Waals surface area contributed by atoms with Crippen LogP contribution in [-0.4, -0.2) is 81.0 Å². The third-order valence-corrected chi connectivity index (χ3v) is 11.5. The third-order valence-electron chi connectivity index (χ3n) is 11.5. The summed E-state index contributed by atoms with van der Waals surface area (Å²) >= 11 is 0. The molecule has 5 atom stereocenters. The number of hydrogen-bond donors (Lipinski definition) is 2. The van der Waals surface area contributed by atoms with Gasteiger partial charge in [-0.3, -0.25) is 4.90 Å². The molecule has 4 fully saturated rings. The molecule has 4 saturated heterocycles. The van der Waals surface area contributed by atoms with Crippen molar-refractivity contribution in [3.8, 4) is 35.4 Å². The minimum atomic E-state index is -0.716. The molecule has 4 aromatic rings. The molecule has 0 saturated carbocycles. The van der Waals surface area contributed by atoms with E-state index in [1.165, 1.54) is 24.3 Å². The number of hydrogen-bond acceptors (Lipinski definition) is 8. The van der Waals surface area contributed by atoms with Crippen LogP contribution < -0.4 is 15.0 Å². The molecule has 0 spiro atoms. The van der Waals surface area contributed by atoms with Crippen molar-refractivity contribution in [3.63, 3.8) is 0 Å². The zero-order valence-electron chi connectivity index (χ0n) is 25.9. The number of nitrogens with one attached hydrogen (secondary N) is 1. The first kappa shape index (κ1) is 29.0. The number of aromatic hydroxyl groups is 1. The SMILES string of the molecule is C#Cc1c(F)ccc2cc(O)cc(-c3nc4c5c(nc(OC[C@@]67CCCN6[C@H](CF)CC7)nc5c3F)N3C[C@H]5CC[C@H](N5)[C@H]3CC4)c12. The molecule has 5 aliphatic rings. The predicted molar refractivity (Wildman–Crippen MR) is 172 cm³/mol. The monoisotopic (exact) mass is 640 g/mol. The Hall–Kier alpha value is -4.14. The number of pyridine rings is 1. The van der Waals surface area contributed by atoms with Crippen LogP contribution in [0.15, 0.2) is 24.3 Å². The predicted octanol–water partition coefficient (Wildman–Crippen LogP) is 5.41. The number of phenolic OH excluding ortho intramolecular Hbond substituents is 1. The molecular formula is C36H35F3N6O2. The highest BCUT2D eigenvalue weighted by molar-refractivity contribution is 6.03. The molecule has 5 aliphatic heterocycles. The van der Waals surface area contributed by atoms with Gasteiger partial charge >= 0.3 is 6.01 Å². The van der Waals surface area contributed by atoms with Crippen molar-refractivity contribution in [2.24, 2.45) is 0 Å². The van der Waals surface area contributed by atoms with Crippen LogP contribution in [0.1, 0.15) is 56.2 Å². The first-order valence-corrected chi connectivity index (χ1v) is 16.7. The lowest BCUT2D eigenvalue weighted by Gasteiger charge is -2.41. The second-order valence-electron chi connectivity index (χ2n) is 13.9. The van der Waals surface area contributed by atoms with Crippen molar-refractivity contribution in [1.29, 1.82) is 0 Å². The van der Waals surface area contributed by atoms with E-state index >= 15 is 4.39 Å². The highest BCUT2D eigenvalue weighted by Crippen LogP contribution is 2.45. The Bertz CT molecular complexity index is 2000. The van der Waals surface area contributed by atoms with Gasteiger partial charge < -0.3 is 20.1 Å². The Balaban J connectivity index is 1.23. The van der Waals surface area contributed by atoms with E-state index in [1.807, 2.05) is 0 Å². The molecule has 11 heteroatoms. The number of anilines is 1. The van der Waals surface area contributed by atoms with Crippen LogP contribution in [0.2, 0.25) is 0 Å². The van der Waals surface area contributed by atoms with Crippen LogP contribution in [0.4, 0.5) is 19.0 Å². The Labute approximate surface area is 270 Å². The smallest absolute Gasteiger partial charge is 0.319 e. The van der Waals surface area contributed by atoms with Gasteiger partial charge in [0.25, 0.3) is 0 Å². The Morgan fingerprint density at radius 1 is 1.09 bits per heavy atom. The Morgan fingerprint density at radius 2 is 1.98 bits per heavy atom. The Kier molecular flexibility index (Phi) is 6.60. The van der Waals surface area contributed by atoms with Crippen molar-refractivity contribution >= 4 is 27.5 Å².